The Hall–Kier alpha value is -1.92. The van der Waals surface area contributed by atoms with Crippen molar-refractivity contribution in [1.82, 2.24) is 5.48 Å². The first-order valence-electron chi connectivity index (χ1n) is 6.22. The fourth-order valence-electron chi connectivity index (χ4n) is 1.46. The number of nitro benzene ring substituents is 1. The highest BCUT2D eigenvalue weighted by Crippen LogP contribution is 2.17. The molecule has 0 spiro atoms. The molecule has 0 aliphatic rings. The average Bonchev–Trinajstić information content (AvgIpc) is 2.43. The summed E-state index contributed by atoms with van der Waals surface area (Å²) in [5.74, 6) is 0. The molecule has 0 saturated carbocycles. The predicted octanol–water partition coefficient (Wildman–Crippen LogP) is 2.22. The summed E-state index contributed by atoms with van der Waals surface area (Å²) in [6, 6.07) is 6.33. The molecule has 0 fully saturated rings. The van der Waals surface area contributed by atoms with Crippen molar-refractivity contribution in [3.05, 3.63) is 46.0 Å². The Balaban J connectivity index is 2.81. The van der Waals surface area contributed by atoms with Crippen molar-refractivity contribution in [2.24, 2.45) is 5.73 Å². The maximum absolute atomic E-state index is 10.6. The monoisotopic (exact) mass is 265 g/mol. The molecule has 6 heteroatoms. The molecule has 0 atom stereocenters. The molecule has 0 unspecified atom stereocenters. The second kappa shape index (κ2) is 8.23. The third-order valence-electron chi connectivity index (χ3n) is 2.43. The van der Waals surface area contributed by atoms with Gasteiger partial charge in [-0.15, -0.1) is 0 Å². The molecule has 1 aromatic carbocycles. The smallest absolute Gasteiger partial charge is 0.269 e. The van der Waals surface area contributed by atoms with Crippen LogP contribution in [0.5, 0.6) is 0 Å². The number of benzene rings is 1. The van der Waals surface area contributed by atoms with E-state index in [2.05, 4.69) is 12.4 Å². The quantitative estimate of drug-likeness (QED) is 0.427. The van der Waals surface area contributed by atoms with Crippen molar-refractivity contribution in [1.29, 1.82) is 0 Å². The number of nitrogens with two attached hydrogens (primary N) is 1. The van der Waals surface area contributed by atoms with Crippen LogP contribution in [-0.2, 0) is 4.84 Å². The number of rotatable bonds is 8. The van der Waals surface area contributed by atoms with Crippen LogP contribution >= 0.6 is 0 Å². The fourth-order valence-corrected chi connectivity index (χ4v) is 1.46. The molecule has 6 nitrogen and oxygen atoms in total. The van der Waals surface area contributed by atoms with Gasteiger partial charge in [0.05, 0.1) is 17.2 Å². The molecule has 0 radical (unpaired) electrons. The molecule has 0 amide bonds. The number of non-ortho nitro benzene ring substituents is 1. The van der Waals surface area contributed by atoms with Crippen molar-refractivity contribution in [3.63, 3.8) is 0 Å². The summed E-state index contributed by atoms with van der Waals surface area (Å²) in [4.78, 5) is 15.4. The Bertz CT molecular complexity index is 429. The van der Waals surface area contributed by atoms with Gasteiger partial charge in [-0.1, -0.05) is 19.4 Å². The molecule has 1 aromatic rings. The van der Waals surface area contributed by atoms with Gasteiger partial charge in [-0.2, -0.15) is 0 Å². The Kier molecular flexibility index (Phi) is 6.56. The van der Waals surface area contributed by atoms with Crippen molar-refractivity contribution in [2.75, 3.05) is 13.2 Å². The molecule has 0 bridgehead atoms. The first-order valence-corrected chi connectivity index (χ1v) is 6.22. The lowest BCUT2D eigenvalue weighted by Gasteiger charge is -2.11. The van der Waals surface area contributed by atoms with Crippen LogP contribution in [0, 0.1) is 10.1 Å². The van der Waals surface area contributed by atoms with E-state index in [-0.39, 0.29) is 5.69 Å². The standard InChI is InChI=1S/C13H19N3O3/c1-2-3-4-13(15-19-10-9-14)11-5-7-12(8-6-11)16(17)18/h4-8,15H,2-3,9-10,14H2,1H3. The highest BCUT2D eigenvalue weighted by Gasteiger charge is 2.06. The van der Waals surface area contributed by atoms with Crippen molar-refractivity contribution in [2.45, 2.75) is 19.8 Å². The van der Waals surface area contributed by atoms with E-state index in [0.29, 0.717) is 13.2 Å². The molecule has 0 heterocycles. The van der Waals surface area contributed by atoms with E-state index in [1.165, 1.54) is 12.1 Å². The summed E-state index contributed by atoms with van der Waals surface area (Å²) < 4.78 is 0. The Morgan fingerprint density at radius 3 is 2.68 bits per heavy atom. The lowest BCUT2D eigenvalue weighted by Crippen LogP contribution is -2.18. The molecular formula is C13H19N3O3. The number of allylic oxidation sites excluding steroid dienone is 1. The second-order valence-electron chi connectivity index (χ2n) is 3.95. The Labute approximate surface area is 112 Å². The Morgan fingerprint density at radius 1 is 1.47 bits per heavy atom. The number of nitrogens with zero attached hydrogens (tertiary/aromatic N) is 1. The van der Waals surface area contributed by atoms with E-state index in [9.17, 15) is 10.1 Å². The molecule has 3 N–H and O–H groups in total. The summed E-state index contributed by atoms with van der Waals surface area (Å²) in [6.07, 6.45) is 3.90. The maximum atomic E-state index is 10.6. The first kappa shape index (κ1) is 15.1. The van der Waals surface area contributed by atoms with E-state index in [1.54, 1.807) is 12.1 Å². The molecule has 0 aliphatic carbocycles. The van der Waals surface area contributed by atoms with E-state index in [4.69, 9.17) is 10.6 Å². The van der Waals surface area contributed by atoms with Crippen LogP contribution in [0.4, 0.5) is 5.69 Å². The summed E-state index contributed by atoms with van der Waals surface area (Å²) >= 11 is 0. The minimum absolute atomic E-state index is 0.0708. The van der Waals surface area contributed by atoms with Gasteiger partial charge in [0.2, 0.25) is 0 Å². The predicted molar refractivity (Wildman–Crippen MR) is 74.1 cm³/mol. The Morgan fingerprint density at radius 2 is 2.16 bits per heavy atom. The van der Waals surface area contributed by atoms with Crippen LogP contribution in [0.15, 0.2) is 30.3 Å². The summed E-state index contributed by atoms with van der Waals surface area (Å²) in [5, 5.41) is 10.6. The van der Waals surface area contributed by atoms with Gasteiger partial charge >= 0.3 is 0 Å². The zero-order valence-electron chi connectivity index (χ0n) is 11.0. The minimum Gasteiger partial charge on any atom is -0.328 e. The zero-order chi connectivity index (χ0) is 14.1. The lowest BCUT2D eigenvalue weighted by molar-refractivity contribution is -0.384. The largest absolute Gasteiger partial charge is 0.328 e. The van der Waals surface area contributed by atoms with Gasteiger partial charge in [-0.25, -0.2) is 0 Å². The van der Waals surface area contributed by atoms with Gasteiger partial charge < -0.3 is 5.73 Å². The van der Waals surface area contributed by atoms with Gasteiger partial charge in [-0.3, -0.25) is 20.4 Å². The van der Waals surface area contributed by atoms with Crippen LogP contribution in [0.1, 0.15) is 25.3 Å². The third kappa shape index (κ3) is 5.07. The number of hydrogen-bond acceptors (Lipinski definition) is 5. The number of hydroxylamine groups is 1. The SMILES string of the molecule is CCCC=C(NOCCN)c1ccc([N+](=O)[O-])cc1. The van der Waals surface area contributed by atoms with Crippen LogP contribution < -0.4 is 11.2 Å². The molecule has 0 aromatic heterocycles. The van der Waals surface area contributed by atoms with Crippen LogP contribution in [-0.4, -0.2) is 18.1 Å². The number of hydrogen-bond donors (Lipinski definition) is 2. The van der Waals surface area contributed by atoms with Crippen LogP contribution in [0.3, 0.4) is 0 Å². The number of unbranched alkanes of at least 4 members (excludes halogenated alkanes) is 1. The van der Waals surface area contributed by atoms with E-state index >= 15 is 0 Å². The highest BCUT2D eigenvalue weighted by molar-refractivity contribution is 5.64. The number of nitro groups is 1. The molecule has 0 saturated heterocycles. The first-order chi connectivity index (χ1) is 9.19. The van der Waals surface area contributed by atoms with Gasteiger partial charge in [0.1, 0.15) is 0 Å². The third-order valence-corrected chi connectivity index (χ3v) is 2.43. The van der Waals surface area contributed by atoms with Gasteiger partial charge in [0, 0.05) is 24.2 Å². The fraction of sp³-hybridized carbons (Fsp3) is 0.385. The molecule has 104 valence electrons. The van der Waals surface area contributed by atoms with E-state index in [0.717, 1.165) is 24.1 Å². The van der Waals surface area contributed by atoms with Crippen LogP contribution in [0.2, 0.25) is 0 Å². The van der Waals surface area contributed by atoms with Crippen molar-refractivity contribution in [3.8, 4) is 0 Å². The maximum Gasteiger partial charge on any atom is 0.269 e. The topological polar surface area (TPSA) is 90.4 Å². The van der Waals surface area contributed by atoms with Gasteiger partial charge in [0.25, 0.3) is 5.69 Å². The average molecular weight is 265 g/mol. The van der Waals surface area contributed by atoms with Crippen molar-refractivity contribution < 1.29 is 9.76 Å². The number of nitrogens with one attached hydrogen (secondary N) is 1. The molecule has 19 heavy (non-hydrogen) atoms. The minimum atomic E-state index is -0.419. The normalized spacial score (nSPS) is 11.4. The summed E-state index contributed by atoms with van der Waals surface area (Å²) in [7, 11) is 0. The highest BCUT2D eigenvalue weighted by atomic mass is 16.6. The van der Waals surface area contributed by atoms with Crippen LogP contribution in [0.25, 0.3) is 5.70 Å². The molecular weight excluding hydrogens is 246 g/mol. The molecule has 1 rings (SSSR count). The zero-order valence-corrected chi connectivity index (χ0v) is 11.0. The van der Waals surface area contributed by atoms with Crippen molar-refractivity contribution >= 4 is 11.4 Å². The van der Waals surface area contributed by atoms with Gasteiger partial charge in [0.15, 0.2) is 0 Å². The lowest BCUT2D eigenvalue weighted by atomic mass is 10.1. The molecule has 0 aliphatic heterocycles. The second-order valence-corrected chi connectivity index (χ2v) is 3.95. The van der Waals surface area contributed by atoms with E-state index in [1.807, 2.05) is 6.08 Å². The van der Waals surface area contributed by atoms with E-state index < -0.39 is 4.92 Å². The summed E-state index contributed by atoms with van der Waals surface area (Å²) in [5.41, 5.74) is 9.89. The van der Waals surface area contributed by atoms with Gasteiger partial charge in [-0.05, 0) is 18.6 Å². The summed E-state index contributed by atoms with van der Waals surface area (Å²) in [6.45, 7) is 2.90.